The number of fused-ring (bicyclic) bond motifs is 1. The highest BCUT2D eigenvalue weighted by Crippen LogP contribution is 2.33. The number of pyridine rings is 1. The van der Waals surface area contributed by atoms with E-state index in [2.05, 4.69) is 18.8 Å². The second-order valence-corrected chi connectivity index (χ2v) is 6.78. The monoisotopic (exact) mass is 254 g/mol. The molecule has 4 nitrogen and oxygen atoms in total. The van der Waals surface area contributed by atoms with Crippen molar-refractivity contribution in [2.75, 3.05) is 17.1 Å². The van der Waals surface area contributed by atoms with Gasteiger partial charge in [0.05, 0.1) is 11.9 Å². The number of sulfonamides is 1. The molecule has 2 heterocycles. The highest BCUT2D eigenvalue weighted by molar-refractivity contribution is 7.92. The van der Waals surface area contributed by atoms with E-state index in [9.17, 15) is 8.42 Å². The van der Waals surface area contributed by atoms with Gasteiger partial charge in [0.25, 0.3) is 0 Å². The highest BCUT2D eigenvalue weighted by Gasteiger charge is 2.28. The molecule has 1 aromatic heterocycles. The van der Waals surface area contributed by atoms with Gasteiger partial charge in [0, 0.05) is 17.9 Å². The standard InChI is InChI=1S/C12H18N2O2S/c1-8(2)11-7-12-10(9(3)13-11)5-6-14(12)17(4,15)16/h7-8H,5-6H2,1-4H3. The van der Waals surface area contributed by atoms with E-state index in [0.29, 0.717) is 12.5 Å². The van der Waals surface area contributed by atoms with Crippen LogP contribution in [-0.2, 0) is 16.4 Å². The van der Waals surface area contributed by atoms with E-state index >= 15 is 0 Å². The fourth-order valence-corrected chi connectivity index (χ4v) is 3.15. The van der Waals surface area contributed by atoms with Gasteiger partial charge in [0.15, 0.2) is 0 Å². The smallest absolute Gasteiger partial charge is 0.232 e. The average Bonchev–Trinajstić information content (AvgIpc) is 2.60. The molecule has 0 bridgehead atoms. The zero-order valence-electron chi connectivity index (χ0n) is 10.7. The number of anilines is 1. The number of aryl methyl sites for hydroxylation is 1. The second kappa shape index (κ2) is 3.98. The average molecular weight is 254 g/mol. The van der Waals surface area contributed by atoms with Gasteiger partial charge in [-0.25, -0.2) is 8.42 Å². The van der Waals surface area contributed by atoms with E-state index in [4.69, 9.17) is 0 Å². The maximum atomic E-state index is 11.7. The predicted molar refractivity (Wildman–Crippen MR) is 69.0 cm³/mol. The van der Waals surface area contributed by atoms with Crippen LogP contribution in [0, 0.1) is 6.92 Å². The van der Waals surface area contributed by atoms with Crippen LogP contribution in [0.25, 0.3) is 0 Å². The molecular formula is C12H18N2O2S. The van der Waals surface area contributed by atoms with E-state index in [1.54, 1.807) is 0 Å². The van der Waals surface area contributed by atoms with Gasteiger partial charge in [-0.2, -0.15) is 0 Å². The van der Waals surface area contributed by atoms with Gasteiger partial charge in [0.1, 0.15) is 0 Å². The molecule has 0 saturated carbocycles. The van der Waals surface area contributed by atoms with Gasteiger partial charge in [0.2, 0.25) is 10.0 Å². The first-order valence-corrected chi connectivity index (χ1v) is 7.63. The molecule has 17 heavy (non-hydrogen) atoms. The minimum absolute atomic E-state index is 0.306. The van der Waals surface area contributed by atoms with Crippen molar-refractivity contribution in [1.82, 2.24) is 4.98 Å². The molecular weight excluding hydrogens is 236 g/mol. The number of nitrogens with zero attached hydrogens (tertiary/aromatic N) is 2. The Morgan fingerprint density at radius 2 is 2.06 bits per heavy atom. The molecule has 1 aromatic rings. The summed E-state index contributed by atoms with van der Waals surface area (Å²) in [4.78, 5) is 4.54. The molecule has 0 saturated heterocycles. The Hall–Kier alpha value is -1.10. The molecule has 0 amide bonds. The Bertz CT molecular complexity index is 550. The van der Waals surface area contributed by atoms with Gasteiger partial charge in [-0.1, -0.05) is 13.8 Å². The summed E-state index contributed by atoms with van der Waals surface area (Å²) in [6.07, 6.45) is 2.02. The highest BCUT2D eigenvalue weighted by atomic mass is 32.2. The van der Waals surface area contributed by atoms with Crippen molar-refractivity contribution >= 4 is 15.7 Å². The van der Waals surface area contributed by atoms with Gasteiger partial charge in [-0.05, 0) is 30.9 Å². The molecule has 0 radical (unpaired) electrons. The van der Waals surface area contributed by atoms with Crippen LogP contribution in [0.2, 0.25) is 0 Å². The lowest BCUT2D eigenvalue weighted by atomic mass is 10.1. The third-order valence-electron chi connectivity index (χ3n) is 3.15. The van der Waals surface area contributed by atoms with Crippen molar-refractivity contribution in [3.8, 4) is 0 Å². The van der Waals surface area contributed by atoms with Crippen molar-refractivity contribution < 1.29 is 8.42 Å². The Kier molecular flexibility index (Phi) is 2.89. The van der Waals surface area contributed by atoms with Crippen LogP contribution in [0.15, 0.2) is 6.07 Å². The third-order valence-corrected chi connectivity index (χ3v) is 4.33. The molecule has 0 atom stereocenters. The fourth-order valence-electron chi connectivity index (χ4n) is 2.21. The SMILES string of the molecule is Cc1nc(C(C)C)cc2c1CCN2S(C)(=O)=O. The summed E-state index contributed by atoms with van der Waals surface area (Å²) in [6, 6.07) is 1.92. The summed E-state index contributed by atoms with van der Waals surface area (Å²) in [5, 5.41) is 0. The number of aromatic nitrogens is 1. The zero-order chi connectivity index (χ0) is 12.8. The van der Waals surface area contributed by atoms with Crippen LogP contribution in [-0.4, -0.2) is 26.2 Å². The van der Waals surface area contributed by atoms with E-state index in [1.807, 2.05) is 13.0 Å². The molecule has 0 unspecified atom stereocenters. The van der Waals surface area contributed by atoms with Crippen LogP contribution < -0.4 is 4.31 Å². The van der Waals surface area contributed by atoms with Crippen molar-refractivity contribution in [3.05, 3.63) is 23.0 Å². The zero-order valence-corrected chi connectivity index (χ0v) is 11.5. The van der Waals surface area contributed by atoms with Crippen LogP contribution >= 0.6 is 0 Å². The van der Waals surface area contributed by atoms with Crippen LogP contribution in [0.5, 0.6) is 0 Å². The molecule has 94 valence electrons. The topological polar surface area (TPSA) is 50.3 Å². The summed E-state index contributed by atoms with van der Waals surface area (Å²) in [5.41, 5.74) is 3.80. The first-order chi connectivity index (χ1) is 7.80. The summed E-state index contributed by atoms with van der Waals surface area (Å²) in [5.74, 6) is 0.306. The first kappa shape index (κ1) is 12.4. The molecule has 5 heteroatoms. The quantitative estimate of drug-likeness (QED) is 0.809. The Labute approximate surface area is 103 Å². The van der Waals surface area contributed by atoms with E-state index < -0.39 is 10.0 Å². The molecule has 0 spiro atoms. The molecule has 0 aromatic carbocycles. The lowest BCUT2D eigenvalue weighted by molar-refractivity contribution is 0.598. The normalized spacial score (nSPS) is 15.5. The summed E-state index contributed by atoms with van der Waals surface area (Å²) in [6.45, 7) is 6.62. The molecule has 1 aliphatic rings. The van der Waals surface area contributed by atoms with Crippen LogP contribution in [0.1, 0.15) is 36.7 Å². The minimum atomic E-state index is -3.17. The first-order valence-electron chi connectivity index (χ1n) is 5.79. The van der Waals surface area contributed by atoms with Crippen molar-refractivity contribution in [1.29, 1.82) is 0 Å². The van der Waals surface area contributed by atoms with Crippen molar-refractivity contribution in [3.63, 3.8) is 0 Å². The van der Waals surface area contributed by atoms with Crippen molar-refractivity contribution in [2.45, 2.75) is 33.1 Å². The molecule has 0 aliphatic carbocycles. The Morgan fingerprint density at radius 3 is 2.59 bits per heavy atom. The van der Waals surface area contributed by atoms with Crippen LogP contribution in [0.4, 0.5) is 5.69 Å². The minimum Gasteiger partial charge on any atom is -0.270 e. The summed E-state index contributed by atoms with van der Waals surface area (Å²) >= 11 is 0. The van der Waals surface area contributed by atoms with Gasteiger partial charge in [-0.15, -0.1) is 0 Å². The third kappa shape index (κ3) is 2.16. The Balaban J connectivity index is 2.59. The fraction of sp³-hybridized carbons (Fsp3) is 0.583. The van der Waals surface area contributed by atoms with Gasteiger partial charge in [-0.3, -0.25) is 9.29 Å². The Morgan fingerprint density at radius 1 is 1.41 bits per heavy atom. The summed E-state index contributed by atoms with van der Waals surface area (Å²) in [7, 11) is -3.17. The maximum Gasteiger partial charge on any atom is 0.232 e. The lowest BCUT2D eigenvalue weighted by Crippen LogP contribution is -2.27. The second-order valence-electron chi connectivity index (χ2n) is 4.87. The van der Waals surface area contributed by atoms with E-state index in [1.165, 1.54) is 10.6 Å². The molecule has 0 N–H and O–H groups in total. The largest absolute Gasteiger partial charge is 0.270 e. The maximum absolute atomic E-state index is 11.7. The lowest BCUT2D eigenvalue weighted by Gasteiger charge is -2.18. The number of rotatable bonds is 2. The molecule has 2 rings (SSSR count). The van der Waals surface area contributed by atoms with Gasteiger partial charge < -0.3 is 0 Å². The van der Waals surface area contributed by atoms with Crippen molar-refractivity contribution in [2.24, 2.45) is 0 Å². The van der Waals surface area contributed by atoms with E-state index in [0.717, 1.165) is 29.1 Å². The van der Waals surface area contributed by atoms with E-state index in [-0.39, 0.29) is 0 Å². The number of hydrogen-bond donors (Lipinski definition) is 0. The predicted octanol–water partition coefficient (Wildman–Crippen LogP) is 1.84. The number of hydrogen-bond acceptors (Lipinski definition) is 3. The summed E-state index contributed by atoms with van der Waals surface area (Å²) < 4.78 is 24.9. The molecule has 1 aliphatic heterocycles. The van der Waals surface area contributed by atoms with Crippen LogP contribution in [0.3, 0.4) is 0 Å². The van der Waals surface area contributed by atoms with Gasteiger partial charge >= 0.3 is 0 Å². The molecule has 0 fully saturated rings.